The predicted molar refractivity (Wildman–Crippen MR) is 70.8 cm³/mol. The SMILES string of the molecule is O=c1c2ccccc2c(-c2ccccc2)cn1O. The lowest BCUT2D eigenvalue weighted by atomic mass is 10.0. The minimum atomic E-state index is -0.398. The normalized spacial score (nSPS) is 10.7. The highest BCUT2D eigenvalue weighted by Crippen LogP contribution is 2.25. The molecule has 0 aliphatic rings. The number of benzene rings is 2. The van der Waals surface area contributed by atoms with E-state index in [1.165, 1.54) is 6.20 Å². The number of fused-ring (bicyclic) bond motifs is 1. The Kier molecular flexibility index (Phi) is 2.38. The number of hydrogen-bond donors (Lipinski definition) is 1. The molecule has 0 atom stereocenters. The summed E-state index contributed by atoms with van der Waals surface area (Å²) in [5.41, 5.74) is 1.41. The molecule has 3 nitrogen and oxygen atoms in total. The number of pyridine rings is 1. The third-order valence-corrected chi connectivity index (χ3v) is 2.99. The molecule has 0 fully saturated rings. The highest BCUT2D eigenvalue weighted by Gasteiger charge is 2.08. The fraction of sp³-hybridized carbons (Fsp3) is 0. The molecule has 1 aromatic heterocycles. The highest BCUT2D eigenvalue weighted by atomic mass is 16.5. The predicted octanol–water partition coefficient (Wildman–Crippen LogP) is 2.91. The van der Waals surface area contributed by atoms with Crippen molar-refractivity contribution < 1.29 is 5.21 Å². The van der Waals surface area contributed by atoms with Crippen LogP contribution in [0.3, 0.4) is 0 Å². The summed E-state index contributed by atoms with van der Waals surface area (Å²) >= 11 is 0. The van der Waals surface area contributed by atoms with Gasteiger partial charge in [0, 0.05) is 5.56 Å². The molecule has 0 radical (unpaired) electrons. The van der Waals surface area contributed by atoms with Crippen molar-refractivity contribution in [3.63, 3.8) is 0 Å². The van der Waals surface area contributed by atoms with Gasteiger partial charge in [-0.05, 0) is 17.0 Å². The minimum Gasteiger partial charge on any atom is -0.425 e. The van der Waals surface area contributed by atoms with Gasteiger partial charge in [-0.1, -0.05) is 48.5 Å². The van der Waals surface area contributed by atoms with Crippen molar-refractivity contribution in [2.45, 2.75) is 0 Å². The van der Waals surface area contributed by atoms with Crippen LogP contribution in [0.5, 0.6) is 0 Å². The Bertz CT molecular complexity index is 760. The number of aromatic nitrogens is 1. The smallest absolute Gasteiger partial charge is 0.290 e. The van der Waals surface area contributed by atoms with Crippen molar-refractivity contribution in [1.82, 2.24) is 4.73 Å². The van der Waals surface area contributed by atoms with Crippen molar-refractivity contribution >= 4 is 10.8 Å². The molecule has 0 aliphatic carbocycles. The Morgan fingerprint density at radius 2 is 1.44 bits per heavy atom. The maximum absolute atomic E-state index is 11.8. The Balaban J connectivity index is 2.44. The number of rotatable bonds is 1. The van der Waals surface area contributed by atoms with Crippen LogP contribution in [0.25, 0.3) is 21.9 Å². The Labute approximate surface area is 104 Å². The second kappa shape index (κ2) is 4.04. The van der Waals surface area contributed by atoms with Crippen molar-refractivity contribution in [3.8, 4) is 11.1 Å². The van der Waals surface area contributed by atoms with Crippen LogP contribution in [0, 0.1) is 0 Å². The first-order valence-electron chi connectivity index (χ1n) is 5.66. The molecule has 0 aliphatic heterocycles. The van der Waals surface area contributed by atoms with Crippen LogP contribution < -0.4 is 5.56 Å². The zero-order chi connectivity index (χ0) is 12.5. The van der Waals surface area contributed by atoms with Gasteiger partial charge < -0.3 is 5.21 Å². The summed E-state index contributed by atoms with van der Waals surface area (Å²) in [4.78, 5) is 11.8. The number of nitrogens with zero attached hydrogens (tertiary/aromatic N) is 1. The van der Waals surface area contributed by atoms with Gasteiger partial charge >= 0.3 is 0 Å². The summed E-state index contributed by atoms with van der Waals surface area (Å²) < 4.78 is 0.644. The fourth-order valence-electron chi connectivity index (χ4n) is 2.13. The minimum absolute atomic E-state index is 0.398. The van der Waals surface area contributed by atoms with Crippen LogP contribution >= 0.6 is 0 Å². The Morgan fingerprint density at radius 3 is 2.17 bits per heavy atom. The molecule has 1 heterocycles. The molecule has 0 saturated carbocycles. The topological polar surface area (TPSA) is 42.2 Å². The van der Waals surface area contributed by atoms with E-state index in [-0.39, 0.29) is 0 Å². The third kappa shape index (κ3) is 1.57. The van der Waals surface area contributed by atoms with E-state index in [1.54, 1.807) is 12.1 Å². The largest absolute Gasteiger partial charge is 0.425 e. The second-order valence-electron chi connectivity index (χ2n) is 4.10. The molecular formula is C15H11NO2. The van der Waals surface area contributed by atoms with E-state index in [4.69, 9.17) is 0 Å². The van der Waals surface area contributed by atoms with Crippen molar-refractivity contribution in [2.75, 3.05) is 0 Å². The first-order chi connectivity index (χ1) is 8.77. The van der Waals surface area contributed by atoms with Gasteiger partial charge in [-0.15, -0.1) is 0 Å². The maximum atomic E-state index is 11.8. The summed E-state index contributed by atoms with van der Waals surface area (Å²) in [6.45, 7) is 0. The van der Waals surface area contributed by atoms with E-state index in [9.17, 15) is 10.0 Å². The van der Waals surface area contributed by atoms with Gasteiger partial charge in [0.25, 0.3) is 5.56 Å². The van der Waals surface area contributed by atoms with E-state index in [1.807, 2.05) is 42.5 Å². The molecule has 0 saturated heterocycles. The van der Waals surface area contributed by atoms with Gasteiger partial charge in [0.2, 0.25) is 0 Å². The Hall–Kier alpha value is -2.55. The van der Waals surface area contributed by atoms with Gasteiger partial charge in [-0.25, -0.2) is 0 Å². The van der Waals surface area contributed by atoms with Crippen LogP contribution in [-0.2, 0) is 0 Å². The molecule has 0 amide bonds. The first kappa shape index (κ1) is 10.6. The average Bonchev–Trinajstić information content (AvgIpc) is 2.44. The zero-order valence-electron chi connectivity index (χ0n) is 9.58. The van der Waals surface area contributed by atoms with Gasteiger partial charge in [0.05, 0.1) is 11.6 Å². The van der Waals surface area contributed by atoms with Crippen LogP contribution in [0.2, 0.25) is 0 Å². The van der Waals surface area contributed by atoms with E-state index in [0.717, 1.165) is 16.5 Å². The molecule has 88 valence electrons. The quantitative estimate of drug-likeness (QED) is 0.661. The van der Waals surface area contributed by atoms with Crippen molar-refractivity contribution in [1.29, 1.82) is 0 Å². The summed E-state index contributed by atoms with van der Waals surface area (Å²) in [6.07, 6.45) is 1.46. The van der Waals surface area contributed by atoms with E-state index >= 15 is 0 Å². The van der Waals surface area contributed by atoms with Crippen LogP contribution in [0.15, 0.2) is 65.6 Å². The second-order valence-corrected chi connectivity index (χ2v) is 4.10. The van der Waals surface area contributed by atoms with E-state index in [2.05, 4.69) is 0 Å². The lowest BCUT2D eigenvalue weighted by Crippen LogP contribution is -2.17. The molecule has 0 spiro atoms. The number of hydrogen-bond acceptors (Lipinski definition) is 2. The van der Waals surface area contributed by atoms with E-state index < -0.39 is 5.56 Å². The molecular weight excluding hydrogens is 226 g/mol. The summed E-state index contributed by atoms with van der Waals surface area (Å²) in [6, 6.07) is 17.0. The van der Waals surface area contributed by atoms with Gasteiger partial charge in [0.15, 0.2) is 0 Å². The summed E-state index contributed by atoms with van der Waals surface area (Å²) in [7, 11) is 0. The van der Waals surface area contributed by atoms with Gasteiger partial charge in [0.1, 0.15) is 0 Å². The van der Waals surface area contributed by atoms with Crippen LogP contribution in [-0.4, -0.2) is 9.94 Å². The van der Waals surface area contributed by atoms with Crippen LogP contribution in [0.1, 0.15) is 0 Å². The molecule has 3 heteroatoms. The third-order valence-electron chi connectivity index (χ3n) is 2.99. The average molecular weight is 237 g/mol. The van der Waals surface area contributed by atoms with Gasteiger partial charge in [-0.2, -0.15) is 4.73 Å². The standard InChI is InChI=1S/C15H11NO2/c17-15-13-9-5-4-8-12(13)14(10-16(15)18)11-6-2-1-3-7-11/h1-10,18H. The monoisotopic (exact) mass is 237 g/mol. The molecule has 2 aromatic carbocycles. The van der Waals surface area contributed by atoms with E-state index in [0.29, 0.717) is 10.1 Å². The highest BCUT2D eigenvalue weighted by molar-refractivity contribution is 5.95. The van der Waals surface area contributed by atoms with Crippen molar-refractivity contribution in [3.05, 3.63) is 71.1 Å². The lowest BCUT2D eigenvalue weighted by Gasteiger charge is -2.08. The molecule has 3 aromatic rings. The lowest BCUT2D eigenvalue weighted by molar-refractivity contribution is 0.177. The fourth-order valence-corrected chi connectivity index (χ4v) is 2.13. The van der Waals surface area contributed by atoms with Crippen molar-refractivity contribution in [2.24, 2.45) is 0 Å². The summed E-state index contributed by atoms with van der Waals surface area (Å²) in [5.74, 6) is 0. The Morgan fingerprint density at radius 1 is 0.833 bits per heavy atom. The maximum Gasteiger partial charge on any atom is 0.290 e. The molecule has 3 rings (SSSR count). The summed E-state index contributed by atoms with van der Waals surface area (Å²) in [5, 5.41) is 11.0. The first-order valence-corrected chi connectivity index (χ1v) is 5.66. The van der Waals surface area contributed by atoms with Crippen LogP contribution in [0.4, 0.5) is 0 Å². The molecule has 1 N–H and O–H groups in total. The molecule has 0 bridgehead atoms. The molecule has 18 heavy (non-hydrogen) atoms. The zero-order valence-corrected chi connectivity index (χ0v) is 9.58. The molecule has 0 unspecified atom stereocenters. The van der Waals surface area contributed by atoms with Gasteiger partial charge in [-0.3, -0.25) is 4.79 Å².